The highest BCUT2D eigenvalue weighted by atomic mass is 14.9. The van der Waals surface area contributed by atoms with Crippen molar-refractivity contribution in [1.29, 1.82) is 0 Å². The van der Waals surface area contributed by atoms with Crippen LogP contribution in [0.3, 0.4) is 0 Å². The van der Waals surface area contributed by atoms with Gasteiger partial charge in [0.1, 0.15) is 5.82 Å². The molecule has 0 spiro atoms. The van der Waals surface area contributed by atoms with Gasteiger partial charge in [0.2, 0.25) is 0 Å². The van der Waals surface area contributed by atoms with Gasteiger partial charge in [0.15, 0.2) is 0 Å². The van der Waals surface area contributed by atoms with Crippen molar-refractivity contribution in [3.8, 4) is 11.1 Å². The summed E-state index contributed by atoms with van der Waals surface area (Å²) < 4.78 is 0. The van der Waals surface area contributed by atoms with E-state index in [0.29, 0.717) is 5.92 Å². The van der Waals surface area contributed by atoms with Gasteiger partial charge < -0.3 is 5.32 Å². The Bertz CT molecular complexity index is 547. The van der Waals surface area contributed by atoms with E-state index in [1.165, 1.54) is 5.69 Å². The number of rotatable bonds is 2. The average molecular weight is 254 g/mol. The quantitative estimate of drug-likeness (QED) is 0.893. The molecule has 1 aliphatic rings. The Morgan fingerprint density at radius 2 is 1.89 bits per heavy atom. The number of hydrogen-bond acceptors (Lipinski definition) is 4. The standard InChI is InChI=1S/C15H18N4/c1-11-18-10-14(12-2-6-16-7-3-12)15(19-11)13-4-8-17-9-5-13/h2-3,6-7,10,13,17H,4-5,8-9H2,1H3. The first-order valence-electron chi connectivity index (χ1n) is 6.79. The topological polar surface area (TPSA) is 50.7 Å². The molecular formula is C15H18N4. The Hall–Kier alpha value is -1.81. The fourth-order valence-corrected chi connectivity index (χ4v) is 2.65. The summed E-state index contributed by atoms with van der Waals surface area (Å²) in [6.45, 7) is 4.11. The van der Waals surface area contributed by atoms with E-state index in [1.54, 1.807) is 0 Å². The number of piperidine rings is 1. The van der Waals surface area contributed by atoms with Gasteiger partial charge in [0, 0.05) is 30.1 Å². The lowest BCUT2D eigenvalue weighted by molar-refractivity contribution is 0.453. The molecule has 3 rings (SSSR count). The lowest BCUT2D eigenvalue weighted by atomic mass is 9.90. The van der Waals surface area contributed by atoms with Crippen LogP contribution in [0.15, 0.2) is 30.7 Å². The summed E-state index contributed by atoms with van der Waals surface area (Å²) in [5.74, 6) is 1.39. The van der Waals surface area contributed by atoms with Crippen LogP contribution in [0.2, 0.25) is 0 Å². The van der Waals surface area contributed by atoms with E-state index in [2.05, 4.69) is 15.3 Å². The molecule has 1 aliphatic heterocycles. The number of pyridine rings is 1. The second kappa shape index (κ2) is 5.45. The van der Waals surface area contributed by atoms with Crippen LogP contribution < -0.4 is 5.32 Å². The molecule has 19 heavy (non-hydrogen) atoms. The molecule has 1 N–H and O–H groups in total. The summed E-state index contributed by atoms with van der Waals surface area (Å²) in [4.78, 5) is 13.2. The van der Waals surface area contributed by atoms with Gasteiger partial charge in [-0.15, -0.1) is 0 Å². The number of hydrogen-bond donors (Lipinski definition) is 1. The smallest absolute Gasteiger partial charge is 0.125 e. The van der Waals surface area contributed by atoms with Crippen LogP contribution in [0.25, 0.3) is 11.1 Å². The van der Waals surface area contributed by atoms with E-state index in [-0.39, 0.29) is 0 Å². The summed E-state index contributed by atoms with van der Waals surface area (Å²) in [6.07, 6.45) is 7.89. The number of aromatic nitrogens is 3. The second-order valence-corrected chi connectivity index (χ2v) is 4.98. The van der Waals surface area contributed by atoms with E-state index in [0.717, 1.165) is 42.9 Å². The maximum atomic E-state index is 4.71. The predicted molar refractivity (Wildman–Crippen MR) is 74.8 cm³/mol. The molecule has 0 saturated carbocycles. The first-order chi connectivity index (χ1) is 9.34. The first-order valence-corrected chi connectivity index (χ1v) is 6.79. The van der Waals surface area contributed by atoms with Crippen LogP contribution in [0, 0.1) is 6.92 Å². The van der Waals surface area contributed by atoms with Gasteiger partial charge in [-0.1, -0.05) is 0 Å². The van der Waals surface area contributed by atoms with E-state index >= 15 is 0 Å². The van der Waals surface area contributed by atoms with Gasteiger partial charge in [-0.2, -0.15) is 0 Å². The molecule has 2 aromatic rings. The van der Waals surface area contributed by atoms with Crippen molar-refractivity contribution in [2.75, 3.05) is 13.1 Å². The van der Waals surface area contributed by atoms with Crippen molar-refractivity contribution < 1.29 is 0 Å². The van der Waals surface area contributed by atoms with Gasteiger partial charge in [0.25, 0.3) is 0 Å². The van der Waals surface area contributed by atoms with Crippen molar-refractivity contribution in [3.05, 3.63) is 42.2 Å². The Kier molecular flexibility index (Phi) is 3.51. The minimum absolute atomic E-state index is 0.533. The molecular weight excluding hydrogens is 236 g/mol. The molecule has 0 aromatic carbocycles. The average Bonchev–Trinajstić information content (AvgIpc) is 2.49. The minimum atomic E-state index is 0.533. The zero-order valence-electron chi connectivity index (χ0n) is 11.1. The molecule has 0 unspecified atom stereocenters. The maximum absolute atomic E-state index is 4.71. The van der Waals surface area contributed by atoms with Gasteiger partial charge in [0.05, 0.1) is 5.69 Å². The molecule has 0 bridgehead atoms. The Morgan fingerprint density at radius 3 is 2.63 bits per heavy atom. The predicted octanol–water partition coefficient (Wildman–Crippen LogP) is 2.31. The third-order valence-corrected chi connectivity index (χ3v) is 3.66. The highest BCUT2D eigenvalue weighted by Crippen LogP contribution is 2.31. The number of nitrogens with one attached hydrogen (secondary N) is 1. The minimum Gasteiger partial charge on any atom is -0.317 e. The van der Waals surface area contributed by atoms with Crippen molar-refractivity contribution >= 4 is 0 Å². The lowest BCUT2D eigenvalue weighted by Crippen LogP contribution is -2.27. The molecule has 1 saturated heterocycles. The van der Waals surface area contributed by atoms with Crippen molar-refractivity contribution in [1.82, 2.24) is 20.3 Å². The lowest BCUT2D eigenvalue weighted by Gasteiger charge is -2.24. The Labute approximate surface area is 113 Å². The highest BCUT2D eigenvalue weighted by Gasteiger charge is 2.20. The highest BCUT2D eigenvalue weighted by molar-refractivity contribution is 5.65. The van der Waals surface area contributed by atoms with E-state index in [9.17, 15) is 0 Å². The molecule has 0 amide bonds. The van der Waals surface area contributed by atoms with Crippen LogP contribution in [-0.2, 0) is 0 Å². The maximum Gasteiger partial charge on any atom is 0.125 e. The Morgan fingerprint density at radius 1 is 1.16 bits per heavy atom. The Balaban J connectivity index is 2.04. The first kappa shape index (κ1) is 12.2. The van der Waals surface area contributed by atoms with E-state index in [4.69, 9.17) is 4.98 Å². The molecule has 0 aliphatic carbocycles. The van der Waals surface area contributed by atoms with Crippen LogP contribution >= 0.6 is 0 Å². The number of nitrogens with zero attached hydrogens (tertiary/aromatic N) is 3. The van der Waals surface area contributed by atoms with Gasteiger partial charge in [-0.3, -0.25) is 4.98 Å². The third kappa shape index (κ3) is 2.63. The van der Waals surface area contributed by atoms with Gasteiger partial charge >= 0.3 is 0 Å². The van der Waals surface area contributed by atoms with Gasteiger partial charge in [-0.05, 0) is 50.6 Å². The molecule has 4 nitrogen and oxygen atoms in total. The van der Waals surface area contributed by atoms with Crippen LogP contribution in [0.4, 0.5) is 0 Å². The monoisotopic (exact) mass is 254 g/mol. The van der Waals surface area contributed by atoms with Crippen molar-refractivity contribution in [2.24, 2.45) is 0 Å². The molecule has 0 atom stereocenters. The largest absolute Gasteiger partial charge is 0.317 e. The summed E-state index contributed by atoms with van der Waals surface area (Å²) >= 11 is 0. The van der Waals surface area contributed by atoms with Crippen molar-refractivity contribution in [3.63, 3.8) is 0 Å². The zero-order chi connectivity index (χ0) is 13.1. The molecule has 2 aromatic heterocycles. The van der Waals surface area contributed by atoms with Crippen molar-refractivity contribution in [2.45, 2.75) is 25.7 Å². The van der Waals surface area contributed by atoms with Gasteiger partial charge in [-0.25, -0.2) is 9.97 Å². The fourth-order valence-electron chi connectivity index (χ4n) is 2.65. The van der Waals surface area contributed by atoms with Crippen LogP contribution in [0.5, 0.6) is 0 Å². The summed E-state index contributed by atoms with van der Waals surface area (Å²) in [5.41, 5.74) is 3.50. The molecule has 98 valence electrons. The normalized spacial score (nSPS) is 16.5. The second-order valence-electron chi connectivity index (χ2n) is 4.98. The van der Waals surface area contributed by atoms with Crippen LogP contribution in [0.1, 0.15) is 30.3 Å². The summed E-state index contributed by atoms with van der Waals surface area (Å²) in [7, 11) is 0. The summed E-state index contributed by atoms with van der Waals surface area (Å²) in [5, 5.41) is 3.40. The fraction of sp³-hybridized carbons (Fsp3) is 0.400. The zero-order valence-corrected chi connectivity index (χ0v) is 11.1. The molecule has 0 radical (unpaired) electrons. The van der Waals surface area contributed by atoms with E-state index in [1.807, 2.05) is 37.6 Å². The summed E-state index contributed by atoms with van der Waals surface area (Å²) in [6, 6.07) is 4.05. The molecule has 1 fully saturated rings. The number of aryl methyl sites for hydroxylation is 1. The van der Waals surface area contributed by atoms with E-state index < -0.39 is 0 Å². The third-order valence-electron chi connectivity index (χ3n) is 3.66. The SMILES string of the molecule is Cc1ncc(-c2ccncc2)c(C2CCNCC2)n1. The molecule has 3 heterocycles. The van der Waals surface area contributed by atoms with Crippen LogP contribution in [-0.4, -0.2) is 28.0 Å². The molecule has 4 heteroatoms.